The number of thioether (sulfide) groups is 1. The molecule has 0 aliphatic rings. The number of halogens is 1. The van der Waals surface area contributed by atoms with E-state index in [1.807, 2.05) is 30.3 Å². The normalized spacial score (nSPS) is 10.1. The van der Waals surface area contributed by atoms with E-state index in [1.165, 1.54) is 11.8 Å². The van der Waals surface area contributed by atoms with Crippen molar-refractivity contribution in [1.29, 1.82) is 0 Å². The molecule has 2 rings (SSSR count). The van der Waals surface area contributed by atoms with Gasteiger partial charge in [0.1, 0.15) is 5.75 Å². The summed E-state index contributed by atoms with van der Waals surface area (Å²) in [6.45, 7) is 0. The molecular formula is C15H14ClNO2S. The molecule has 0 fully saturated rings. The minimum absolute atomic E-state index is 0.130. The Kier molecular flexibility index (Phi) is 5.32. The smallest absolute Gasteiger partial charge is 0.283 e. The van der Waals surface area contributed by atoms with Gasteiger partial charge in [-0.3, -0.25) is 4.79 Å². The summed E-state index contributed by atoms with van der Waals surface area (Å²) >= 11 is 7.08. The molecule has 20 heavy (non-hydrogen) atoms. The number of carbonyl (C=O) groups is 1. The molecule has 3 nitrogen and oxygen atoms in total. The summed E-state index contributed by atoms with van der Waals surface area (Å²) < 4.78 is 5.18. The third-order valence-corrected chi connectivity index (χ3v) is 3.69. The molecule has 2 aromatic rings. The molecule has 0 atom stereocenters. The molecule has 104 valence electrons. The number of carbonyl (C=O) groups excluding carboxylic acids is 1. The van der Waals surface area contributed by atoms with E-state index in [0.717, 1.165) is 5.56 Å². The highest BCUT2D eigenvalue weighted by atomic mass is 35.5. The Hall–Kier alpha value is -1.65. The topological polar surface area (TPSA) is 38.3 Å². The molecule has 0 saturated heterocycles. The molecule has 0 radical (unpaired) electrons. The van der Waals surface area contributed by atoms with Gasteiger partial charge in [-0.2, -0.15) is 0 Å². The predicted octanol–water partition coefficient (Wildman–Crippen LogP) is 4.81. The SMILES string of the molecule is COc1cc(Cl)ccc1NC(=O)SCc1ccccc1. The number of anilines is 1. The van der Waals surface area contributed by atoms with Crippen LogP contribution in [-0.4, -0.2) is 12.3 Å². The van der Waals surface area contributed by atoms with Gasteiger partial charge in [-0.05, 0) is 17.7 Å². The maximum Gasteiger partial charge on any atom is 0.283 e. The summed E-state index contributed by atoms with van der Waals surface area (Å²) in [5.41, 5.74) is 1.72. The van der Waals surface area contributed by atoms with Crippen LogP contribution in [-0.2, 0) is 5.75 Å². The highest BCUT2D eigenvalue weighted by molar-refractivity contribution is 8.13. The molecule has 0 saturated carbocycles. The van der Waals surface area contributed by atoms with Crippen molar-refractivity contribution in [2.24, 2.45) is 0 Å². The van der Waals surface area contributed by atoms with Gasteiger partial charge in [-0.25, -0.2) is 0 Å². The fourth-order valence-corrected chi connectivity index (χ4v) is 2.47. The second-order valence-electron chi connectivity index (χ2n) is 4.03. The van der Waals surface area contributed by atoms with Gasteiger partial charge in [-0.15, -0.1) is 0 Å². The highest BCUT2D eigenvalue weighted by Gasteiger charge is 2.08. The monoisotopic (exact) mass is 307 g/mol. The zero-order valence-electron chi connectivity index (χ0n) is 10.9. The Balaban J connectivity index is 1.95. The number of hydrogen-bond acceptors (Lipinski definition) is 3. The molecule has 5 heteroatoms. The van der Waals surface area contributed by atoms with Crippen LogP contribution in [0.15, 0.2) is 48.5 Å². The van der Waals surface area contributed by atoms with Crippen molar-refractivity contribution in [3.63, 3.8) is 0 Å². The van der Waals surface area contributed by atoms with Crippen molar-refractivity contribution in [3.05, 3.63) is 59.1 Å². The van der Waals surface area contributed by atoms with Gasteiger partial charge in [0.05, 0.1) is 12.8 Å². The highest BCUT2D eigenvalue weighted by Crippen LogP contribution is 2.29. The number of ether oxygens (including phenoxy) is 1. The van der Waals surface area contributed by atoms with Gasteiger partial charge in [0.15, 0.2) is 0 Å². The lowest BCUT2D eigenvalue weighted by Gasteiger charge is -2.10. The Morgan fingerprint density at radius 2 is 2.00 bits per heavy atom. The Labute approximate surface area is 127 Å². The van der Waals surface area contributed by atoms with Crippen molar-refractivity contribution < 1.29 is 9.53 Å². The Morgan fingerprint density at radius 1 is 1.25 bits per heavy atom. The Bertz CT molecular complexity index is 590. The van der Waals surface area contributed by atoms with Gasteiger partial charge >= 0.3 is 0 Å². The maximum absolute atomic E-state index is 11.9. The molecule has 1 amide bonds. The van der Waals surface area contributed by atoms with E-state index < -0.39 is 0 Å². The van der Waals surface area contributed by atoms with Gasteiger partial charge < -0.3 is 10.1 Å². The van der Waals surface area contributed by atoms with Crippen LogP contribution in [0.1, 0.15) is 5.56 Å². The molecular weight excluding hydrogens is 294 g/mol. The number of benzene rings is 2. The van der Waals surface area contributed by atoms with E-state index in [1.54, 1.807) is 25.3 Å². The summed E-state index contributed by atoms with van der Waals surface area (Å²) in [5, 5.41) is 3.24. The number of amides is 1. The van der Waals surface area contributed by atoms with E-state index in [4.69, 9.17) is 16.3 Å². The maximum atomic E-state index is 11.9. The van der Waals surface area contributed by atoms with Crippen molar-refractivity contribution in [2.45, 2.75) is 5.75 Å². The van der Waals surface area contributed by atoms with Gasteiger partial charge in [0.25, 0.3) is 5.24 Å². The van der Waals surface area contributed by atoms with Gasteiger partial charge in [0, 0.05) is 16.8 Å². The largest absolute Gasteiger partial charge is 0.495 e. The van der Waals surface area contributed by atoms with Crippen molar-refractivity contribution in [2.75, 3.05) is 12.4 Å². The number of nitrogens with one attached hydrogen (secondary N) is 1. The number of hydrogen-bond donors (Lipinski definition) is 1. The van der Waals surface area contributed by atoms with E-state index >= 15 is 0 Å². The van der Waals surface area contributed by atoms with Gasteiger partial charge in [0.2, 0.25) is 0 Å². The molecule has 0 aliphatic carbocycles. The third-order valence-electron chi connectivity index (χ3n) is 2.61. The first kappa shape index (κ1) is 14.8. The summed E-state index contributed by atoms with van der Waals surface area (Å²) in [5.74, 6) is 1.17. The van der Waals surface area contributed by atoms with Crippen LogP contribution in [0.25, 0.3) is 0 Å². The summed E-state index contributed by atoms with van der Waals surface area (Å²) in [6, 6.07) is 14.9. The molecule has 2 aromatic carbocycles. The van der Waals surface area contributed by atoms with Crippen LogP contribution < -0.4 is 10.1 Å². The van der Waals surface area contributed by atoms with E-state index in [9.17, 15) is 4.79 Å². The molecule has 0 heterocycles. The zero-order valence-corrected chi connectivity index (χ0v) is 12.5. The van der Waals surface area contributed by atoms with Crippen LogP contribution in [0.4, 0.5) is 10.5 Å². The standard InChI is InChI=1S/C15H14ClNO2S/c1-19-14-9-12(16)7-8-13(14)17-15(18)20-10-11-5-3-2-4-6-11/h2-9H,10H2,1H3,(H,17,18). The van der Waals surface area contributed by atoms with E-state index in [2.05, 4.69) is 5.32 Å². The molecule has 0 spiro atoms. The predicted molar refractivity (Wildman–Crippen MR) is 84.8 cm³/mol. The van der Waals surface area contributed by atoms with Crippen molar-refractivity contribution >= 4 is 34.3 Å². The lowest BCUT2D eigenvalue weighted by molar-refractivity contribution is 0.269. The van der Waals surface area contributed by atoms with Crippen molar-refractivity contribution in [3.8, 4) is 5.75 Å². The lowest BCUT2D eigenvalue weighted by Crippen LogP contribution is -2.06. The Morgan fingerprint density at radius 3 is 2.70 bits per heavy atom. The fraction of sp³-hybridized carbons (Fsp3) is 0.133. The van der Waals surface area contributed by atoms with Crippen LogP contribution >= 0.6 is 23.4 Å². The van der Waals surface area contributed by atoms with Crippen LogP contribution in [0, 0.1) is 0 Å². The summed E-state index contributed by atoms with van der Waals surface area (Å²) in [6.07, 6.45) is 0. The summed E-state index contributed by atoms with van der Waals surface area (Å²) in [4.78, 5) is 11.9. The lowest BCUT2D eigenvalue weighted by atomic mass is 10.2. The zero-order chi connectivity index (χ0) is 14.4. The second-order valence-corrected chi connectivity index (χ2v) is 5.42. The molecule has 0 unspecified atom stereocenters. The minimum atomic E-state index is -0.130. The van der Waals surface area contributed by atoms with E-state index in [0.29, 0.717) is 22.2 Å². The summed E-state index contributed by atoms with van der Waals surface area (Å²) in [7, 11) is 1.54. The number of rotatable bonds is 4. The second kappa shape index (κ2) is 7.22. The average Bonchev–Trinajstić information content (AvgIpc) is 2.48. The first-order chi connectivity index (χ1) is 9.69. The first-order valence-corrected chi connectivity index (χ1v) is 7.36. The van der Waals surface area contributed by atoms with Crippen molar-refractivity contribution in [1.82, 2.24) is 0 Å². The minimum Gasteiger partial charge on any atom is -0.495 e. The quantitative estimate of drug-likeness (QED) is 0.880. The van der Waals surface area contributed by atoms with Crippen LogP contribution in [0.3, 0.4) is 0 Å². The molecule has 0 aliphatic heterocycles. The van der Waals surface area contributed by atoms with Gasteiger partial charge in [-0.1, -0.05) is 53.7 Å². The fourth-order valence-electron chi connectivity index (χ4n) is 1.64. The number of methoxy groups -OCH3 is 1. The third kappa shape index (κ3) is 4.18. The molecule has 0 aromatic heterocycles. The molecule has 1 N–H and O–H groups in total. The van der Waals surface area contributed by atoms with Crippen LogP contribution in [0.5, 0.6) is 5.75 Å². The average molecular weight is 308 g/mol. The van der Waals surface area contributed by atoms with E-state index in [-0.39, 0.29) is 5.24 Å². The first-order valence-electron chi connectivity index (χ1n) is 6.00. The molecule has 0 bridgehead atoms. The van der Waals surface area contributed by atoms with Crippen LogP contribution in [0.2, 0.25) is 5.02 Å².